The second-order valence-electron chi connectivity index (χ2n) is 5.05. The second kappa shape index (κ2) is 5.91. The molecule has 0 radical (unpaired) electrons. The van der Waals surface area contributed by atoms with E-state index < -0.39 is 10.0 Å². The zero-order valence-corrected chi connectivity index (χ0v) is 13.5. The van der Waals surface area contributed by atoms with E-state index in [4.69, 9.17) is 0 Å². The van der Waals surface area contributed by atoms with Crippen LogP contribution in [0.2, 0.25) is 0 Å². The molecular weight excluding hydrogens is 328 g/mol. The SMILES string of the molecule is Cc1ccc(Br)c(S(=O)(=O)NC2CCCNC2C)c1. The number of aryl methyl sites for hydroxylation is 1. The van der Waals surface area contributed by atoms with Crippen LogP contribution in [-0.4, -0.2) is 27.0 Å². The molecule has 2 atom stereocenters. The normalized spacial score (nSPS) is 24.4. The van der Waals surface area contributed by atoms with Crippen molar-refractivity contribution in [2.75, 3.05) is 6.54 Å². The number of piperidine rings is 1. The maximum Gasteiger partial charge on any atom is 0.242 e. The molecule has 0 aliphatic carbocycles. The van der Waals surface area contributed by atoms with Gasteiger partial charge >= 0.3 is 0 Å². The van der Waals surface area contributed by atoms with E-state index in [1.165, 1.54) is 0 Å². The quantitative estimate of drug-likeness (QED) is 0.881. The highest BCUT2D eigenvalue weighted by molar-refractivity contribution is 9.10. The number of halogens is 1. The lowest BCUT2D eigenvalue weighted by Gasteiger charge is -2.30. The van der Waals surface area contributed by atoms with Crippen LogP contribution in [0.3, 0.4) is 0 Å². The van der Waals surface area contributed by atoms with Crippen LogP contribution in [-0.2, 0) is 10.0 Å². The van der Waals surface area contributed by atoms with E-state index in [1.54, 1.807) is 12.1 Å². The lowest BCUT2D eigenvalue weighted by Crippen LogP contribution is -2.51. The number of nitrogens with one attached hydrogen (secondary N) is 2. The first kappa shape index (κ1) is 15.0. The molecule has 0 saturated carbocycles. The maximum atomic E-state index is 12.5. The van der Waals surface area contributed by atoms with Crippen molar-refractivity contribution in [1.29, 1.82) is 0 Å². The van der Waals surface area contributed by atoms with E-state index >= 15 is 0 Å². The molecule has 1 aromatic carbocycles. The number of benzene rings is 1. The first-order valence-corrected chi connectivity index (χ1v) is 8.69. The summed E-state index contributed by atoms with van der Waals surface area (Å²) in [6.45, 7) is 4.85. The van der Waals surface area contributed by atoms with Gasteiger partial charge in [-0.15, -0.1) is 0 Å². The van der Waals surface area contributed by atoms with Gasteiger partial charge in [0.05, 0.1) is 4.90 Å². The Morgan fingerprint density at radius 1 is 1.42 bits per heavy atom. The Morgan fingerprint density at radius 3 is 2.84 bits per heavy atom. The van der Waals surface area contributed by atoms with Gasteiger partial charge in [0.1, 0.15) is 0 Å². The molecule has 0 amide bonds. The summed E-state index contributed by atoms with van der Waals surface area (Å²) in [6, 6.07) is 5.45. The van der Waals surface area contributed by atoms with Crippen molar-refractivity contribution < 1.29 is 8.42 Å². The first-order chi connectivity index (χ1) is 8.90. The van der Waals surface area contributed by atoms with Crippen molar-refractivity contribution in [2.45, 2.75) is 43.7 Å². The molecule has 1 aliphatic rings. The van der Waals surface area contributed by atoms with Crippen molar-refractivity contribution in [3.63, 3.8) is 0 Å². The van der Waals surface area contributed by atoms with Crippen molar-refractivity contribution in [2.24, 2.45) is 0 Å². The Kier molecular flexibility index (Phi) is 4.66. The summed E-state index contributed by atoms with van der Waals surface area (Å²) < 4.78 is 28.3. The minimum Gasteiger partial charge on any atom is -0.313 e. The van der Waals surface area contributed by atoms with Gasteiger partial charge in [-0.1, -0.05) is 6.07 Å². The third-order valence-corrected chi connectivity index (χ3v) is 5.93. The smallest absolute Gasteiger partial charge is 0.242 e. The summed E-state index contributed by atoms with van der Waals surface area (Å²) >= 11 is 3.31. The molecule has 6 heteroatoms. The molecule has 4 nitrogen and oxygen atoms in total. The van der Waals surface area contributed by atoms with Crippen LogP contribution < -0.4 is 10.0 Å². The van der Waals surface area contributed by atoms with Gasteiger partial charge in [-0.05, 0) is 66.9 Å². The monoisotopic (exact) mass is 346 g/mol. The van der Waals surface area contributed by atoms with Crippen LogP contribution in [0, 0.1) is 6.92 Å². The van der Waals surface area contributed by atoms with Gasteiger partial charge in [0.2, 0.25) is 10.0 Å². The minimum absolute atomic E-state index is 0.0498. The van der Waals surface area contributed by atoms with Crippen LogP contribution in [0.25, 0.3) is 0 Å². The molecule has 1 fully saturated rings. The topological polar surface area (TPSA) is 58.2 Å². The molecule has 0 bridgehead atoms. The zero-order chi connectivity index (χ0) is 14.0. The van der Waals surface area contributed by atoms with Crippen LogP contribution in [0.15, 0.2) is 27.6 Å². The summed E-state index contributed by atoms with van der Waals surface area (Å²) in [5.41, 5.74) is 0.929. The predicted molar refractivity (Wildman–Crippen MR) is 79.7 cm³/mol. The van der Waals surface area contributed by atoms with Crippen molar-refractivity contribution >= 4 is 26.0 Å². The molecule has 2 rings (SSSR count). The highest BCUT2D eigenvalue weighted by atomic mass is 79.9. The molecule has 1 aliphatic heterocycles. The summed E-state index contributed by atoms with van der Waals surface area (Å²) in [5.74, 6) is 0. The number of rotatable bonds is 3. The third kappa shape index (κ3) is 3.56. The first-order valence-electron chi connectivity index (χ1n) is 6.42. The summed E-state index contributed by atoms with van der Waals surface area (Å²) in [4.78, 5) is 0.310. The van der Waals surface area contributed by atoms with Gasteiger partial charge in [0, 0.05) is 16.6 Å². The molecular formula is C13H19BrN2O2S. The average molecular weight is 347 g/mol. The second-order valence-corrected chi connectivity index (χ2v) is 7.58. The molecule has 1 saturated heterocycles. The molecule has 2 N–H and O–H groups in total. The lowest BCUT2D eigenvalue weighted by molar-refractivity contribution is 0.348. The van der Waals surface area contributed by atoms with Gasteiger partial charge in [-0.25, -0.2) is 13.1 Å². The molecule has 1 aromatic rings. The van der Waals surface area contributed by atoms with E-state index in [0.717, 1.165) is 24.9 Å². The third-order valence-electron chi connectivity index (χ3n) is 3.44. The number of hydrogen-bond acceptors (Lipinski definition) is 3. The van der Waals surface area contributed by atoms with Crippen LogP contribution in [0.5, 0.6) is 0 Å². The van der Waals surface area contributed by atoms with Crippen molar-refractivity contribution in [3.8, 4) is 0 Å². The predicted octanol–water partition coefficient (Wildman–Crippen LogP) is 2.18. The average Bonchev–Trinajstić information content (AvgIpc) is 2.35. The molecule has 2 unspecified atom stereocenters. The summed E-state index contributed by atoms with van der Waals surface area (Å²) in [6.07, 6.45) is 1.86. The lowest BCUT2D eigenvalue weighted by atomic mass is 10.0. The standard InChI is InChI=1S/C13H19BrN2O2S/c1-9-5-6-11(14)13(8-9)19(17,18)16-12-4-3-7-15-10(12)2/h5-6,8,10,12,15-16H,3-4,7H2,1-2H3. The van der Waals surface area contributed by atoms with Crippen LogP contribution >= 0.6 is 15.9 Å². The van der Waals surface area contributed by atoms with E-state index in [1.807, 2.05) is 19.9 Å². The van der Waals surface area contributed by atoms with Gasteiger partial charge in [0.25, 0.3) is 0 Å². The largest absolute Gasteiger partial charge is 0.313 e. The Morgan fingerprint density at radius 2 is 2.16 bits per heavy atom. The molecule has 1 heterocycles. The Bertz CT molecular complexity index is 560. The fourth-order valence-corrected chi connectivity index (χ4v) is 4.68. The van der Waals surface area contributed by atoms with Gasteiger partial charge in [-0.3, -0.25) is 0 Å². The van der Waals surface area contributed by atoms with E-state index in [-0.39, 0.29) is 12.1 Å². The Balaban J connectivity index is 2.24. The van der Waals surface area contributed by atoms with E-state index in [2.05, 4.69) is 26.0 Å². The highest BCUT2D eigenvalue weighted by Crippen LogP contribution is 2.24. The summed E-state index contributed by atoms with van der Waals surface area (Å²) in [7, 11) is -3.48. The molecule has 106 valence electrons. The van der Waals surface area contributed by atoms with Crippen LogP contribution in [0.1, 0.15) is 25.3 Å². The Labute approximate surface area is 123 Å². The molecule has 0 aromatic heterocycles. The minimum atomic E-state index is -3.48. The Hall–Kier alpha value is -0.430. The van der Waals surface area contributed by atoms with Gasteiger partial charge < -0.3 is 5.32 Å². The fraction of sp³-hybridized carbons (Fsp3) is 0.538. The molecule has 0 spiro atoms. The summed E-state index contributed by atoms with van der Waals surface area (Å²) in [5, 5.41) is 3.29. The van der Waals surface area contributed by atoms with Gasteiger partial charge in [0.15, 0.2) is 0 Å². The number of hydrogen-bond donors (Lipinski definition) is 2. The van der Waals surface area contributed by atoms with Gasteiger partial charge in [-0.2, -0.15) is 0 Å². The van der Waals surface area contributed by atoms with Crippen molar-refractivity contribution in [1.82, 2.24) is 10.0 Å². The maximum absolute atomic E-state index is 12.5. The fourth-order valence-electron chi connectivity index (χ4n) is 2.28. The molecule has 19 heavy (non-hydrogen) atoms. The highest BCUT2D eigenvalue weighted by Gasteiger charge is 2.27. The number of sulfonamides is 1. The van der Waals surface area contributed by atoms with E-state index in [0.29, 0.717) is 9.37 Å². The zero-order valence-electron chi connectivity index (χ0n) is 11.1. The van der Waals surface area contributed by atoms with E-state index in [9.17, 15) is 8.42 Å². The van der Waals surface area contributed by atoms with Crippen LogP contribution in [0.4, 0.5) is 0 Å². The van der Waals surface area contributed by atoms with Crippen molar-refractivity contribution in [3.05, 3.63) is 28.2 Å².